The Morgan fingerprint density at radius 1 is 1.20 bits per heavy atom. The summed E-state index contributed by atoms with van der Waals surface area (Å²) in [6.45, 7) is 0. The lowest BCUT2D eigenvalue weighted by Crippen LogP contribution is -1.94. The van der Waals surface area contributed by atoms with Crippen molar-refractivity contribution in [1.29, 1.82) is 0 Å². The van der Waals surface area contributed by atoms with Gasteiger partial charge in [0.05, 0.1) is 5.70 Å². The molecule has 0 unspecified atom stereocenters. The Kier molecular flexibility index (Phi) is 0.887. The minimum Gasteiger partial charge on any atom is -0.266 e. The molecule has 2 aliphatic rings. The van der Waals surface area contributed by atoms with Crippen molar-refractivity contribution in [2.75, 3.05) is 0 Å². The first-order valence-electron chi connectivity index (χ1n) is 2.78. The quantitative estimate of drug-likeness (QED) is 0.482. The first-order valence-corrected chi connectivity index (χ1v) is 2.78. The molecule has 0 saturated heterocycles. The van der Waals surface area contributed by atoms with E-state index < -0.39 is 0 Å². The van der Waals surface area contributed by atoms with E-state index in [-0.39, 0.29) is 5.91 Å². The number of hydrogen-bond acceptors (Lipinski definition) is 3. The highest BCUT2D eigenvalue weighted by molar-refractivity contribution is 5.93. The van der Waals surface area contributed by atoms with Gasteiger partial charge in [0.25, 0.3) is 5.91 Å². The highest BCUT2D eigenvalue weighted by Crippen LogP contribution is 2.20. The molecule has 0 N–H and O–H groups in total. The fourth-order valence-electron chi connectivity index (χ4n) is 0.784. The van der Waals surface area contributed by atoms with Gasteiger partial charge in [-0.1, -0.05) is 0 Å². The molecular formula is C6H3N3O. The van der Waals surface area contributed by atoms with E-state index >= 15 is 0 Å². The van der Waals surface area contributed by atoms with Gasteiger partial charge >= 0.3 is 0 Å². The molecule has 48 valence electrons. The summed E-state index contributed by atoms with van der Waals surface area (Å²) in [6.07, 6.45) is 4.67. The highest BCUT2D eigenvalue weighted by atomic mass is 16.1. The molecule has 0 fully saturated rings. The Morgan fingerprint density at radius 3 is 3.00 bits per heavy atom. The van der Waals surface area contributed by atoms with Crippen LogP contribution in [0.15, 0.2) is 38.8 Å². The number of rotatable bonds is 0. The molecule has 1 amide bonds. The van der Waals surface area contributed by atoms with Gasteiger partial charge < -0.3 is 0 Å². The SMILES string of the molecule is O=C1C=C2N=CC=C2N=N1. The first kappa shape index (κ1) is 5.22. The van der Waals surface area contributed by atoms with Crippen LogP contribution in [0.3, 0.4) is 0 Å². The summed E-state index contributed by atoms with van der Waals surface area (Å²) >= 11 is 0. The number of aliphatic imine (C=N–C) groups is 1. The molecule has 2 heterocycles. The van der Waals surface area contributed by atoms with Crippen molar-refractivity contribution in [3.8, 4) is 0 Å². The molecule has 4 nitrogen and oxygen atoms in total. The largest absolute Gasteiger partial charge is 0.290 e. The fourth-order valence-corrected chi connectivity index (χ4v) is 0.784. The van der Waals surface area contributed by atoms with Crippen LogP contribution < -0.4 is 0 Å². The molecule has 0 aliphatic carbocycles. The van der Waals surface area contributed by atoms with Crippen molar-refractivity contribution in [2.45, 2.75) is 0 Å². The first-order chi connectivity index (χ1) is 4.86. The lowest BCUT2D eigenvalue weighted by molar-refractivity contribution is -0.114. The maximum Gasteiger partial charge on any atom is 0.290 e. The molecule has 10 heavy (non-hydrogen) atoms. The van der Waals surface area contributed by atoms with E-state index in [1.165, 1.54) is 6.08 Å². The number of allylic oxidation sites excluding steroid dienone is 1. The van der Waals surface area contributed by atoms with Crippen LogP contribution in [-0.2, 0) is 4.79 Å². The molecule has 0 aromatic heterocycles. The van der Waals surface area contributed by atoms with E-state index in [1.54, 1.807) is 12.3 Å². The lowest BCUT2D eigenvalue weighted by Gasteiger charge is -1.97. The minimum absolute atomic E-state index is 0.341. The van der Waals surface area contributed by atoms with Crippen molar-refractivity contribution in [2.24, 2.45) is 15.2 Å². The predicted octanol–water partition coefficient (Wildman–Crippen LogP) is 0.831. The highest BCUT2D eigenvalue weighted by Gasteiger charge is 2.13. The van der Waals surface area contributed by atoms with E-state index in [9.17, 15) is 4.79 Å². The number of amides is 1. The number of carbonyl (C=O) groups is 1. The zero-order valence-electron chi connectivity index (χ0n) is 4.98. The van der Waals surface area contributed by atoms with Crippen LogP contribution in [0.5, 0.6) is 0 Å². The molecule has 0 aromatic rings. The molecule has 2 aliphatic heterocycles. The maximum absolute atomic E-state index is 10.6. The summed E-state index contributed by atoms with van der Waals surface area (Å²) in [5.74, 6) is -0.341. The Hall–Kier alpha value is -1.58. The van der Waals surface area contributed by atoms with Gasteiger partial charge in [-0.2, -0.15) is 0 Å². The average Bonchev–Trinajstić information content (AvgIpc) is 2.33. The summed E-state index contributed by atoms with van der Waals surface area (Å²) in [6, 6.07) is 0. The van der Waals surface area contributed by atoms with E-state index in [0.29, 0.717) is 11.4 Å². The second-order valence-electron chi connectivity index (χ2n) is 1.90. The minimum atomic E-state index is -0.341. The fraction of sp³-hybridized carbons (Fsp3) is 0. The van der Waals surface area contributed by atoms with E-state index in [1.807, 2.05) is 0 Å². The van der Waals surface area contributed by atoms with Crippen LogP contribution in [0.2, 0.25) is 0 Å². The van der Waals surface area contributed by atoms with Crippen LogP contribution in [0.1, 0.15) is 0 Å². The van der Waals surface area contributed by atoms with Gasteiger partial charge in [0.15, 0.2) is 0 Å². The molecule has 0 bridgehead atoms. The monoisotopic (exact) mass is 133 g/mol. The standard InChI is InChI=1S/C6H3N3O/c10-6-3-5-4(8-9-6)1-2-7-5/h1-3H. The van der Waals surface area contributed by atoms with Gasteiger partial charge in [-0.3, -0.25) is 9.79 Å². The van der Waals surface area contributed by atoms with Crippen molar-refractivity contribution in [1.82, 2.24) is 0 Å². The van der Waals surface area contributed by atoms with Crippen LogP contribution in [-0.4, -0.2) is 12.1 Å². The molecule has 0 aromatic carbocycles. The van der Waals surface area contributed by atoms with E-state index in [0.717, 1.165) is 0 Å². The third-order valence-corrected chi connectivity index (χ3v) is 1.22. The maximum atomic E-state index is 10.6. The molecule has 2 rings (SSSR count). The zero-order valence-corrected chi connectivity index (χ0v) is 4.98. The Bertz CT molecular complexity index is 309. The van der Waals surface area contributed by atoms with Crippen LogP contribution >= 0.6 is 0 Å². The molecule has 0 saturated carbocycles. The van der Waals surface area contributed by atoms with Crippen molar-refractivity contribution < 1.29 is 4.79 Å². The Labute approximate surface area is 56.7 Å². The van der Waals surface area contributed by atoms with Gasteiger partial charge in [-0.05, 0) is 6.08 Å². The van der Waals surface area contributed by atoms with E-state index in [2.05, 4.69) is 15.2 Å². The van der Waals surface area contributed by atoms with Gasteiger partial charge in [0, 0.05) is 12.3 Å². The third kappa shape index (κ3) is 0.621. The topological polar surface area (TPSA) is 54.1 Å². The summed E-state index contributed by atoms with van der Waals surface area (Å²) < 4.78 is 0. The van der Waals surface area contributed by atoms with Gasteiger partial charge in [-0.25, -0.2) is 0 Å². The summed E-state index contributed by atoms with van der Waals surface area (Å²) in [7, 11) is 0. The molecule has 4 heteroatoms. The zero-order chi connectivity index (χ0) is 6.97. The van der Waals surface area contributed by atoms with Crippen LogP contribution in [0, 0.1) is 0 Å². The predicted molar refractivity (Wildman–Crippen MR) is 34.5 cm³/mol. The molecule has 0 atom stereocenters. The Morgan fingerprint density at radius 2 is 2.10 bits per heavy atom. The van der Waals surface area contributed by atoms with Crippen molar-refractivity contribution >= 4 is 12.1 Å². The number of nitrogens with zero attached hydrogens (tertiary/aromatic N) is 3. The Balaban J connectivity index is 2.51. The van der Waals surface area contributed by atoms with Crippen LogP contribution in [0.25, 0.3) is 0 Å². The van der Waals surface area contributed by atoms with Crippen molar-refractivity contribution in [3.63, 3.8) is 0 Å². The smallest absolute Gasteiger partial charge is 0.266 e. The average molecular weight is 133 g/mol. The number of azo groups is 1. The summed E-state index contributed by atoms with van der Waals surface area (Å²) in [5.41, 5.74) is 1.28. The number of hydrogen-bond donors (Lipinski definition) is 0. The normalized spacial score (nSPS) is 20.6. The molecule has 0 spiro atoms. The second kappa shape index (κ2) is 1.70. The summed E-state index contributed by atoms with van der Waals surface area (Å²) in [4.78, 5) is 14.4. The number of carbonyl (C=O) groups excluding carboxylic acids is 1. The molecular weight excluding hydrogens is 130 g/mol. The third-order valence-electron chi connectivity index (χ3n) is 1.22. The van der Waals surface area contributed by atoms with Gasteiger partial charge in [0.1, 0.15) is 5.70 Å². The van der Waals surface area contributed by atoms with Crippen molar-refractivity contribution in [3.05, 3.63) is 23.5 Å². The van der Waals surface area contributed by atoms with Crippen LogP contribution in [0.4, 0.5) is 0 Å². The summed E-state index contributed by atoms with van der Waals surface area (Å²) in [5, 5.41) is 6.95. The second-order valence-corrected chi connectivity index (χ2v) is 1.90. The van der Waals surface area contributed by atoms with Gasteiger partial charge in [-0.15, -0.1) is 10.2 Å². The van der Waals surface area contributed by atoms with Gasteiger partial charge in [0.2, 0.25) is 0 Å². The lowest BCUT2D eigenvalue weighted by atomic mass is 10.3. The number of fused-ring (bicyclic) bond motifs is 1. The molecule has 0 radical (unpaired) electrons. The van der Waals surface area contributed by atoms with E-state index in [4.69, 9.17) is 0 Å².